The predicted molar refractivity (Wildman–Crippen MR) is 6.44 cm³/mol. The fraction of sp³-hybridized carbons (Fsp3) is 0. The molecule has 0 N–H and O–H groups in total. The van der Waals surface area contributed by atoms with Crippen LogP contribution in [0.4, 0.5) is 0 Å². The van der Waals surface area contributed by atoms with Crippen LogP contribution in [0.15, 0.2) is 0 Å². The maximum absolute atomic E-state index is 8.54. The predicted octanol–water partition coefficient (Wildman–Crippen LogP) is -2.88. The second-order valence-electron chi connectivity index (χ2n) is 0.204. The maximum atomic E-state index is 8.54. The normalized spacial score (nSPS) is 5.00. The van der Waals surface area contributed by atoms with Crippen molar-refractivity contribution in [2.75, 3.05) is 0 Å². The third-order valence-electron chi connectivity index (χ3n) is 0. The Bertz CT molecular complexity index is 37.9. The molecule has 0 aliphatic heterocycles. The minimum atomic E-state index is -3.79. The first-order valence-corrected chi connectivity index (χ1v) is 2.06. The molecule has 3 nitrogen and oxygen atoms in total. The molecule has 0 aromatic carbocycles. The summed E-state index contributed by atoms with van der Waals surface area (Å²) >= 11 is -3.79. The van der Waals surface area contributed by atoms with Gasteiger partial charge in [0.15, 0.2) is 0 Å². The van der Waals surface area contributed by atoms with Crippen molar-refractivity contribution in [1.29, 1.82) is 0 Å². The molecule has 0 amide bonds. The zero-order valence-electron chi connectivity index (χ0n) is 3.30. The molecule has 0 aliphatic carbocycles. The van der Waals surface area contributed by atoms with Crippen LogP contribution in [0.1, 0.15) is 0 Å². The molecule has 0 fully saturated rings. The summed E-state index contributed by atoms with van der Waals surface area (Å²) in [5, 5.41) is 0. The first-order chi connectivity index (χ1) is 1.73. The van der Waals surface area contributed by atoms with Gasteiger partial charge in [-0.05, 0) is 0 Å². The van der Waals surface area contributed by atoms with Gasteiger partial charge in [0.2, 0.25) is 0 Å². The van der Waals surface area contributed by atoms with Crippen LogP contribution in [0.2, 0.25) is 0 Å². The Morgan fingerprint density at radius 1 is 1.29 bits per heavy atom. The van der Waals surface area contributed by atoms with E-state index in [1.807, 2.05) is 0 Å². The quantitative estimate of drug-likeness (QED) is 0.424. The van der Waals surface area contributed by atoms with Crippen molar-refractivity contribution < 1.29 is 79.5 Å². The van der Waals surface area contributed by atoms with E-state index in [1.54, 1.807) is 0 Å². The summed E-state index contributed by atoms with van der Waals surface area (Å²) in [6.45, 7) is 0. The second kappa shape index (κ2) is 16.2. The number of hydrogen-bond acceptors (Lipinski definition) is 3. The average Bonchev–Trinajstić information content (AvgIpc) is 0.811. The van der Waals surface area contributed by atoms with Gasteiger partial charge in [-0.2, -0.15) is 0 Å². The average molecular weight is 381 g/mol. The van der Waals surface area contributed by atoms with E-state index in [4.69, 9.17) is 12.1 Å². The van der Waals surface area contributed by atoms with Crippen LogP contribution in [-0.2, 0) is 35.6 Å². The molecule has 0 aromatic rings. The van der Waals surface area contributed by atoms with Crippen molar-refractivity contribution in [2.45, 2.75) is 0 Å². The summed E-state index contributed by atoms with van der Waals surface area (Å²) in [6, 6.07) is 0. The van der Waals surface area contributed by atoms with Crippen molar-refractivity contribution in [2.24, 2.45) is 0 Å². The molecule has 0 aromatic heterocycles. The van der Waals surface area contributed by atoms with E-state index in [1.165, 1.54) is 0 Å². The fourth-order valence-electron chi connectivity index (χ4n) is 0. The zero-order chi connectivity index (χ0) is 3.58. The Kier molecular flexibility index (Phi) is 52.0. The van der Waals surface area contributed by atoms with Crippen LogP contribution < -0.4 is 8.32 Å². The largest absolute Gasteiger partial charge is 2.00 e. The molecule has 0 heterocycles. The van der Waals surface area contributed by atoms with Crippen LogP contribution in [0.25, 0.3) is 0 Å². The second-order valence-corrected chi connectivity index (χ2v) is 0.842. The molecule has 0 aliphatic rings. The van der Waals surface area contributed by atoms with Gasteiger partial charge in [0, 0.05) is 0 Å². The molecule has 1 radical (unpaired) electrons. The van der Waals surface area contributed by atoms with Crippen LogP contribution in [0.3, 0.4) is 0 Å². The Morgan fingerprint density at radius 3 is 1.29 bits per heavy atom. The van der Waals surface area contributed by atoms with E-state index in [-0.39, 0.29) is 98.1 Å². The molecule has 0 saturated heterocycles. The van der Waals surface area contributed by atoms with Crippen molar-refractivity contribution in [3.05, 3.63) is 0 Å². The molecule has 7 heteroatoms. The van der Waals surface area contributed by atoms with Crippen LogP contribution in [0, 0.1) is 35.6 Å². The Hall–Kier alpha value is 3.45. The third-order valence-corrected chi connectivity index (χ3v) is 0. The minimum Gasteiger partial charge on any atom is 2.00 e. The van der Waals surface area contributed by atoms with Gasteiger partial charge in [-0.3, -0.25) is 0 Å². The molecular weight excluding hydrogens is 381 g/mol. The van der Waals surface area contributed by atoms with Crippen LogP contribution in [0.5, 0.6) is 0 Å². The molecule has 7 heavy (non-hydrogen) atoms. The first kappa shape index (κ1) is 22.4. The maximum Gasteiger partial charge on any atom is 2.00 e. The van der Waals surface area contributed by atoms with E-state index < -0.39 is 14.8 Å². The van der Waals surface area contributed by atoms with Gasteiger partial charge in [0.1, 0.15) is 0 Å². The van der Waals surface area contributed by atoms with E-state index in [0.717, 1.165) is 0 Å². The Labute approximate surface area is 122 Å². The summed E-state index contributed by atoms with van der Waals surface area (Å²) < 4.78 is 25.6. The summed E-state index contributed by atoms with van der Waals surface area (Å²) in [4.78, 5) is 0. The molecule has 0 saturated carbocycles. The van der Waals surface area contributed by atoms with Gasteiger partial charge < -0.3 is 0 Å². The Balaban J connectivity index is -0.0000000150. The van der Waals surface area contributed by atoms with E-state index in [2.05, 4.69) is 0 Å². The fourth-order valence-corrected chi connectivity index (χ4v) is 0. The van der Waals surface area contributed by atoms with Gasteiger partial charge in [0.25, 0.3) is 0 Å². The zero-order valence-corrected chi connectivity index (χ0v) is 12.9. The van der Waals surface area contributed by atoms with Crippen LogP contribution in [-0.4, -0.2) is 45.5 Å². The SMILES string of the molecule is [La+3].[Mn+2].[O]=[Cr]([O-])[O-].[Sr+2]. The van der Waals surface area contributed by atoms with Crippen LogP contribution >= 0.6 is 0 Å². The smallest absolute Gasteiger partial charge is 2.00 e. The standard InChI is InChI=1S/Cr.La.Mn.3O.Sr/q;+3;+2;;2*-1;+2. The van der Waals surface area contributed by atoms with Crippen molar-refractivity contribution in [1.82, 2.24) is 0 Å². The topological polar surface area (TPSA) is 63.2 Å². The minimum absolute atomic E-state index is 0. The molecule has 0 atom stereocenters. The number of rotatable bonds is 0. The van der Waals surface area contributed by atoms with E-state index in [9.17, 15) is 0 Å². The molecule has 31 valence electrons. The molecule has 0 bridgehead atoms. The Morgan fingerprint density at radius 2 is 1.29 bits per heavy atom. The summed E-state index contributed by atoms with van der Waals surface area (Å²) in [6.07, 6.45) is 0. The number of hydrogen-bond donors (Lipinski definition) is 0. The van der Waals surface area contributed by atoms with Gasteiger partial charge >= 0.3 is 125 Å². The first-order valence-electron chi connectivity index (χ1n) is 0.500. The molecule has 0 unspecified atom stereocenters. The molecule has 0 spiro atoms. The summed E-state index contributed by atoms with van der Waals surface area (Å²) in [7, 11) is 0. The monoisotopic (exact) mass is 382 g/mol. The van der Waals surface area contributed by atoms with Crippen molar-refractivity contribution >= 4 is 45.5 Å². The van der Waals surface area contributed by atoms with E-state index >= 15 is 0 Å². The molecule has 0 rings (SSSR count). The van der Waals surface area contributed by atoms with Crippen molar-refractivity contribution in [3.63, 3.8) is 0 Å². The van der Waals surface area contributed by atoms with Gasteiger partial charge in [-0.25, -0.2) is 0 Å². The van der Waals surface area contributed by atoms with E-state index in [0.29, 0.717) is 0 Å². The van der Waals surface area contributed by atoms with Gasteiger partial charge in [-0.1, -0.05) is 0 Å². The van der Waals surface area contributed by atoms with Crippen molar-refractivity contribution in [3.8, 4) is 0 Å². The molecular formula is CrLaMnO3Sr+5. The summed E-state index contributed by atoms with van der Waals surface area (Å²) in [5.41, 5.74) is 0. The van der Waals surface area contributed by atoms with Gasteiger partial charge in [-0.15, -0.1) is 0 Å². The third kappa shape index (κ3) is 44.1. The van der Waals surface area contributed by atoms with Gasteiger partial charge in [0.05, 0.1) is 0 Å². The summed E-state index contributed by atoms with van der Waals surface area (Å²) in [5.74, 6) is 0.